The Hall–Kier alpha value is -5.60. The fourth-order valence-corrected chi connectivity index (χ4v) is 6.60. The van der Waals surface area contributed by atoms with Crippen molar-refractivity contribution in [1.29, 1.82) is 5.26 Å². The van der Waals surface area contributed by atoms with Gasteiger partial charge in [-0.3, -0.25) is 0 Å². The summed E-state index contributed by atoms with van der Waals surface area (Å²) >= 11 is 0. The molecule has 7 rings (SSSR count). The monoisotopic (exact) mass is 583 g/mol. The van der Waals surface area contributed by atoms with Gasteiger partial charge >= 0.3 is 0 Å². The number of nitriles is 1. The predicted octanol–water partition coefficient (Wildman–Crippen LogP) is 9.69. The van der Waals surface area contributed by atoms with Crippen molar-refractivity contribution in [2.75, 3.05) is 0 Å². The number of aromatic nitrogens is 4. The Morgan fingerprint density at radius 2 is 1.04 bits per heavy atom. The largest absolute Gasteiger partial charge is 0.308 e. The van der Waals surface area contributed by atoms with Gasteiger partial charge < -0.3 is 4.57 Å². The van der Waals surface area contributed by atoms with Crippen LogP contribution >= 0.6 is 0 Å². The number of rotatable bonds is 4. The van der Waals surface area contributed by atoms with E-state index in [0.29, 0.717) is 23.0 Å². The number of hydrogen-bond acceptors (Lipinski definition) is 4. The minimum atomic E-state index is 0.572. The molecule has 0 saturated carbocycles. The van der Waals surface area contributed by atoms with Crippen LogP contribution in [0.5, 0.6) is 0 Å². The molecule has 0 aliphatic carbocycles. The summed E-state index contributed by atoms with van der Waals surface area (Å²) in [5, 5.41) is 12.3. The summed E-state index contributed by atoms with van der Waals surface area (Å²) in [4.78, 5) is 13.9. The zero-order chi connectivity index (χ0) is 31.4. The van der Waals surface area contributed by atoms with Crippen LogP contribution in [0.25, 0.3) is 61.1 Å². The Bertz CT molecular complexity index is 2220. The maximum absolute atomic E-state index is 10.0. The molecule has 5 aromatic carbocycles. The second-order valence-electron chi connectivity index (χ2n) is 12.0. The van der Waals surface area contributed by atoms with Crippen LogP contribution in [0.1, 0.15) is 39.5 Å². The van der Waals surface area contributed by atoms with Crippen molar-refractivity contribution < 1.29 is 0 Å². The molecule has 0 spiro atoms. The molecule has 5 nitrogen and oxygen atoms in total. The molecule has 0 N–H and O–H groups in total. The number of aryl methyl sites for hydroxylation is 6. The van der Waals surface area contributed by atoms with Gasteiger partial charge in [-0.15, -0.1) is 0 Å². The fourth-order valence-electron chi connectivity index (χ4n) is 6.60. The van der Waals surface area contributed by atoms with E-state index in [2.05, 4.69) is 116 Å². The van der Waals surface area contributed by atoms with Gasteiger partial charge in [0.2, 0.25) is 0 Å². The summed E-state index contributed by atoms with van der Waals surface area (Å²) in [6.45, 7) is 12.3. The smallest absolute Gasteiger partial charge is 0.165 e. The van der Waals surface area contributed by atoms with Crippen molar-refractivity contribution in [3.63, 3.8) is 0 Å². The van der Waals surface area contributed by atoms with Crippen molar-refractivity contribution in [2.45, 2.75) is 41.5 Å². The fraction of sp³-hybridized carbons (Fsp3) is 0.150. The van der Waals surface area contributed by atoms with Crippen LogP contribution in [0.4, 0.5) is 0 Å². The summed E-state index contributed by atoms with van der Waals surface area (Å²) in [7, 11) is 0. The average molecular weight is 584 g/mol. The molecule has 2 heterocycles. The Balaban J connectivity index is 1.60. The molecule has 0 aliphatic rings. The molecule has 0 atom stereocenters. The lowest BCUT2D eigenvalue weighted by atomic mass is 9.96. The molecular formula is C40H33N5. The third-order valence-corrected chi connectivity index (χ3v) is 8.62. The van der Waals surface area contributed by atoms with Gasteiger partial charge in [0.25, 0.3) is 0 Å². The molecule has 0 fully saturated rings. The predicted molar refractivity (Wildman–Crippen MR) is 184 cm³/mol. The Morgan fingerprint density at radius 1 is 0.533 bits per heavy atom. The van der Waals surface area contributed by atoms with Gasteiger partial charge in [-0.2, -0.15) is 5.26 Å². The van der Waals surface area contributed by atoms with Gasteiger partial charge in [0.1, 0.15) is 11.6 Å². The molecular weight excluding hydrogens is 550 g/mol. The lowest BCUT2D eigenvalue weighted by Crippen LogP contribution is -2.04. The first-order valence-electron chi connectivity index (χ1n) is 15.2. The lowest BCUT2D eigenvalue weighted by Gasteiger charge is -2.15. The van der Waals surface area contributed by atoms with Crippen LogP contribution in [0, 0.1) is 52.9 Å². The Morgan fingerprint density at radius 3 is 1.53 bits per heavy atom. The van der Waals surface area contributed by atoms with E-state index in [-0.39, 0.29) is 0 Å². The van der Waals surface area contributed by atoms with Gasteiger partial charge in [0.15, 0.2) is 5.82 Å². The summed E-state index contributed by atoms with van der Waals surface area (Å²) in [6.07, 6.45) is 0. The van der Waals surface area contributed by atoms with Crippen LogP contribution in [-0.2, 0) is 0 Å². The van der Waals surface area contributed by atoms with Gasteiger partial charge in [0.05, 0.1) is 28.4 Å². The van der Waals surface area contributed by atoms with Crippen molar-refractivity contribution in [3.05, 3.63) is 130 Å². The van der Waals surface area contributed by atoms with Crippen LogP contribution in [0.15, 0.2) is 91.0 Å². The summed E-state index contributed by atoms with van der Waals surface area (Å²) in [5.74, 6) is 1.90. The van der Waals surface area contributed by atoms with E-state index in [1.165, 1.54) is 33.4 Å². The lowest BCUT2D eigenvalue weighted by molar-refractivity contribution is 0.926. The summed E-state index contributed by atoms with van der Waals surface area (Å²) in [6, 6.07) is 34.7. The minimum Gasteiger partial charge on any atom is -0.308 e. The van der Waals surface area contributed by atoms with Crippen LogP contribution in [0.2, 0.25) is 0 Å². The molecule has 2 aromatic heterocycles. The molecule has 7 aromatic rings. The van der Waals surface area contributed by atoms with Crippen LogP contribution in [0.3, 0.4) is 0 Å². The third-order valence-electron chi connectivity index (χ3n) is 8.62. The van der Waals surface area contributed by atoms with Crippen LogP contribution in [-0.4, -0.2) is 19.5 Å². The van der Waals surface area contributed by atoms with E-state index in [4.69, 9.17) is 9.97 Å². The van der Waals surface area contributed by atoms with Gasteiger partial charge in [-0.1, -0.05) is 71.8 Å². The zero-order valence-electron chi connectivity index (χ0n) is 26.4. The molecule has 45 heavy (non-hydrogen) atoms. The topological polar surface area (TPSA) is 67.4 Å². The highest BCUT2D eigenvalue weighted by Gasteiger charge is 2.20. The van der Waals surface area contributed by atoms with Crippen molar-refractivity contribution in [1.82, 2.24) is 19.5 Å². The number of hydrogen-bond donors (Lipinski definition) is 0. The molecule has 0 radical (unpaired) electrons. The number of nitrogens with zero attached hydrogens (tertiary/aromatic N) is 5. The van der Waals surface area contributed by atoms with Gasteiger partial charge in [0, 0.05) is 16.3 Å². The Labute approximate surface area is 263 Å². The highest BCUT2D eigenvalue weighted by Crippen LogP contribution is 2.40. The van der Waals surface area contributed by atoms with Crippen molar-refractivity contribution in [2.24, 2.45) is 0 Å². The normalized spacial score (nSPS) is 11.3. The number of benzene rings is 5. The molecule has 0 unspecified atom stereocenters. The molecule has 0 bridgehead atoms. The van der Waals surface area contributed by atoms with E-state index in [1.54, 1.807) is 0 Å². The molecule has 0 saturated heterocycles. The van der Waals surface area contributed by atoms with E-state index < -0.39 is 0 Å². The van der Waals surface area contributed by atoms with Gasteiger partial charge in [-0.25, -0.2) is 15.0 Å². The van der Waals surface area contributed by atoms with E-state index in [9.17, 15) is 5.26 Å². The van der Waals surface area contributed by atoms with E-state index in [0.717, 1.165) is 44.2 Å². The summed E-state index contributed by atoms with van der Waals surface area (Å²) < 4.78 is 2.29. The van der Waals surface area contributed by atoms with Crippen molar-refractivity contribution >= 4 is 21.8 Å². The molecule has 0 aliphatic heterocycles. The van der Waals surface area contributed by atoms with E-state index in [1.807, 2.05) is 32.0 Å². The number of fused-ring (bicyclic) bond motifs is 3. The maximum atomic E-state index is 10.0. The first-order chi connectivity index (χ1) is 21.7. The SMILES string of the molecule is Cc1ccc(-c2ccc3c4ccc(-c5ccc(C)cc5C)cc4n(-c4cc(C#N)ccc4-c4nc(C)nc(C)n4)c3c2)c(C)c1. The minimum absolute atomic E-state index is 0.572. The average Bonchev–Trinajstić information content (AvgIpc) is 3.33. The second kappa shape index (κ2) is 10.8. The molecule has 0 amide bonds. The quantitative estimate of drug-likeness (QED) is 0.207. The summed E-state index contributed by atoms with van der Waals surface area (Å²) in [5.41, 5.74) is 14.0. The standard InChI is InChI=1S/C40H33N5/c1-23-7-12-32(25(3)17-23)30-10-15-34-35-16-11-31(33-13-8-24(2)18-26(33)4)21-39(35)45(38(34)20-30)37-19-29(22-41)9-14-36(37)40-43-27(5)42-28(6)44-40/h7-21H,1-6H3. The highest BCUT2D eigenvalue weighted by molar-refractivity contribution is 6.11. The Kier molecular flexibility index (Phi) is 6.79. The van der Waals surface area contributed by atoms with Crippen LogP contribution < -0.4 is 0 Å². The van der Waals surface area contributed by atoms with E-state index >= 15 is 0 Å². The van der Waals surface area contributed by atoms with Gasteiger partial charge in [-0.05, 0) is 105 Å². The maximum Gasteiger partial charge on any atom is 0.165 e. The molecule has 5 heteroatoms. The first-order valence-corrected chi connectivity index (χ1v) is 15.2. The third kappa shape index (κ3) is 4.95. The zero-order valence-corrected chi connectivity index (χ0v) is 26.4. The second-order valence-corrected chi connectivity index (χ2v) is 12.0. The highest BCUT2D eigenvalue weighted by atomic mass is 15.0. The van der Waals surface area contributed by atoms with Crippen molar-refractivity contribution in [3.8, 4) is 45.4 Å². The molecule has 218 valence electrons. The first kappa shape index (κ1) is 28.2.